The van der Waals surface area contributed by atoms with Crippen molar-refractivity contribution >= 4 is 11.9 Å². The molecule has 1 saturated heterocycles. The fraction of sp³-hybridized carbons (Fsp3) is 0.917. The van der Waals surface area contributed by atoms with Gasteiger partial charge in [-0.3, -0.25) is 9.59 Å². The van der Waals surface area contributed by atoms with Crippen molar-refractivity contribution in [2.75, 3.05) is 19.8 Å². The molecular formula is C24H44O10. The van der Waals surface area contributed by atoms with Crippen molar-refractivity contribution in [1.82, 2.24) is 0 Å². The summed E-state index contributed by atoms with van der Waals surface area (Å²) in [5.74, 6) is -0.845. The number of unbranched alkanes of at least 4 members (excludes halogenated alkanes) is 7. The van der Waals surface area contributed by atoms with E-state index in [0.717, 1.165) is 51.4 Å². The highest BCUT2D eigenvalue weighted by atomic mass is 16.7. The Morgan fingerprint density at radius 3 is 2.00 bits per heavy atom. The number of esters is 2. The Morgan fingerprint density at radius 1 is 0.794 bits per heavy atom. The third kappa shape index (κ3) is 11.9. The highest BCUT2D eigenvalue weighted by Gasteiger charge is 2.44. The van der Waals surface area contributed by atoms with E-state index >= 15 is 0 Å². The molecule has 1 aliphatic rings. The molecule has 0 amide bonds. The summed E-state index contributed by atoms with van der Waals surface area (Å²) in [6.07, 6.45) is 1.04. The second-order valence-electron chi connectivity index (χ2n) is 8.80. The zero-order chi connectivity index (χ0) is 25.3. The van der Waals surface area contributed by atoms with E-state index in [1.54, 1.807) is 0 Å². The molecule has 6 atom stereocenters. The molecule has 0 saturated carbocycles. The van der Waals surface area contributed by atoms with Gasteiger partial charge in [-0.05, 0) is 12.8 Å². The van der Waals surface area contributed by atoms with Gasteiger partial charge in [0.1, 0.15) is 31.0 Å². The van der Waals surface area contributed by atoms with Gasteiger partial charge in [0, 0.05) is 12.8 Å². The molecule has 0 unspecified atom stereocenters. The first-order chi connectivity index (χ1) is 16.3. The van der Waals surface area contributed by atoms with E-state index in [2.05, 4.69) is 13.8 Å². The lowest BCUT2D eigenvalue weighted by atomic mass is 9.99. The third-order valence-corrected chi connectivity index (χ3v) is 5.74. The Balaban J connectivity index is 2.58. The van der Waals surface area contributed by atoms with Crippen molar-refractivity contribution in [1.29, 1.82) is 0 Å². The predicted molar refractivity (Wildman–Crippen MR) is 123 cm³/mol. The van der Waals surface area contributed by atoms with E-state index in [4.69, 9.17) is 18.9 Å². The van der Waals surface area contributed by atoms with Crippen LogP contribution < -0.4 is 0 Å². The normalized spacial score (nSPS) is 25.6. The maximum Gasteiger partial charge on any atom is 0.306 e. The maximum atomic E-state index is 12.2. The number of aliphatic hydroxyl groups is 4. The molecule has 200 valence electrons. The zero-order valence-corrected chi connectivity index (χ0v) is 20.6. The van der Waals surface area contributed by atoms with Gasteiger partial charge in [-0.1, -0.05) is 58.8 Å². The van der Waals surface area contributed by atoms with Crippen molar-refractivity contribution < 1.29 is 49.0 Å². The summed E-state index contributed by atoms with van der Waals surface area (Å²) in [6, 6.07) is 0. The van der Waals surface area contributed by atoms with Gasteiger partial charge < -0.3 is 39.4 Å². The molecule has 10 nitrogen and oxygen atoms in total. The van der Waals surface area contributed by atoms with Crippen molar-refractivity contribution in [2.24, 2.45) is 0 Å². The standard InChI is InChI=1S/C24H44O10/c1-3-5-7-9-11-12-19(26)31-15-17(33-20(27)13-10-8-6-4-2)16-32-24-23(30)22(29)21(28)18(14-25)34-24/h17-18,21-25,28-30H,3-16H2,1-2H3/t17-,18-,21+,22+,23-,24-/m1/s1. The first-order valence-corrected chi connectivity index (χ1v) is 12.6. The fourth-order valence-corrected chi connectivity index (χ4v) is 3.60. The highest BCUT2D eigenvalue weighted by molar-refractivity contribution is 5.70. The summed E-state index contributed by atoms with van der Waals surface area (Å²) in [7, 11) is 0. The summed E-state index contributed by atoms with van der Waals surface area (Å²) < 4.78 is 21.5. The van der Waals surface area contributed by atoms with Crippen LogP contribution >= 0.6 is 0 Å². The molecule has 0 radical (unpaired) electrons. The smallest absolute Gasteiger partial charge is 0.306 e. The largest absolute Gasteiger partial charge is 0.462 e. The van der Waals surface area contributed by atoms with Gasteiger partial charge in [0.25, 0.3) is 0 Å². The van der Waals surface area contributed by atoms with Crippen LogP contribution in [-0.2, 0) is 28.5 Å². The predicted octanol–water partition coefficient (Wildman–Crippen LogP) is 1.59. The molecule has 1 aliphatic heterocycles. The molecule has 0 aromatic rings. The van der Waals surface area contributed by atoms with Crippen molar-refractivity contribution in [3.8, 4) is 0 Å². The van der Waals surface area contributed by atoms with Gasteiger partial charge in [0.15, 0.2) is 12.4 Å². The summed E-state index contributed by atoms with van der Waals surface area (Å²) in [5, 5.41) is 39.2. The summed E-state index contributed by atoms with van der Waals surface area (Å²) in [5.41, 5.74) is 0. The Hall–Kier alpha value is -1.30. The lowest BCUT2D eigenvalue weighted by Gasteiger charge is -2.39. The molecule has 1 heterocycles. The van der Waals surface area contributed by atoms with Crippen LogP contribution in [0.3, 0.4) is 0 Å². The zero-order valence-electron chi connectivity index (χ0n) is 20.6. The second-order valence-corrected chi connectivity index (χ2v) is 8.80. The van der Waals surface area contributed by atoms with Crippen molar-refractivity contribution in [3.63, 3.8) is 0 Å². The van der Waals surface area contributed by atoms with E-state index in [1.165, 1.54) is 0 Å². The molecule has 1 rings (SSSR count). The number of aliphatic hydroxyl groups excluding tert-OH is 4. The first-order valence-electron chi connectivity index (χ1n) is 12.6. The maximum absolute atomic E-state index is 12.2. The van der Waals surface area contributed by atoms with Crippen LogP contribution in [0.1, 0.15) is 84.5 Å². The van der Waals surface area contributed by atoms with Gasteiger partial charge in [-0.2, -0.15) is 0 Å². The lowest BCUT2D eigenvalue weighted by molar-refractivity contribution is -0.305. The molecule has 34 heavy (non-hydrogen) atoms. The number of hydrogen-bond acceptors (Lipinski definition) is 10. The van der Waals surface area contributed by atoms with Gasteiger partial charge >= 0.3 is 11.9 Å². The van der Waals surface area contributed by atoms with Crippen LogP contribution in [0.2, 0.25) is 0 Å². The average molecular weight is 493 g/mol. The topological polar surface area (TPSA) is 152 Å². The van der Waals surface area contributed by atoms with Crippen LogP contribution in [0, 0.1) is 0 Å². The van der Waals surface area contributed by atoms with Crippen molar-refractivity contribution in [3.05, 3.63) is 0 Å². The van der Waals surface area contributed by atoms with E-state index in [9.17, 15) is 30.0 Å². The van der Waals surface area contributed by atoms with E-state index in [0.29, 0.717) is 6.42 Å². The number of hydrogen-bond donors (Lipinski definition) is 4. The van der Waals surface area contributed by atoms with Gasteiger partial charge in [-0.25, -0.2) is 0 Å². The van der Waals surface area contributed by atoms with Gasteiger partial charge in [-0.15, -0.1) is 0 Å². The summed E-state index contributed by atoms with van der Waals surface area (Å²) in [6.45, 7) is 3.12. The van der Waals surface area contributed by atoms with E-state index < -0.39 is 55.4 Å². The van der Waals surface area contributed by atoms with Crippen LogP contribution in [-0.4, -0.2) is 89.0 Å². The summed E-state index contributed by atoms with van der Waals surface area (Å²) in [4.78, 5) is 24.3. The molecule has 0 bridgehead atoms. The number of ether oxygens (including phenoxy) is 4. The van der Waals surface area contributed by atoms with Gasteiger partial charge in [0.2, 0.25) is 0 Å². The minimum Gasteiger partial charge on any atom is -0.462 e. The molecule has 10 heteroatoms. The van der Waals surface area contributed by atoms with Gasteiger partial charge in [0.05, 0.1) is 13.2 Å². The van der Waals surface area contributed by atoms with Crippen LogP contribution in [0.4, 0.5) is 0 Å². The highest BCUT2D eigenvalue weighted by Crippen LogP contribution is 2.22. The molecule has 0 aromatic heterocycles. The minimum absolute atomic E-state index is 0.216. The number of rotatable bonds is 18. The second kappa shape index (κ2) is 18.0. The Bertz CT molecular complexity index is 556. The number of carbonyl (C=O) groups excluding carboxylic acids is 2. The quantitative estimate of drug-likeness (QED) is 0.164. The Morgan fingerprint density at radius 2 is 1.38 bits per heavy atom. The Labute approximate surface area is 202 Å². The fourth-order valence-electron chi connectivity index (χ4n) is 3.60. The minimum atomic E-state index is -1.58. The van der Waals surface area contributed by atoms with E-state index in [-0.39, 0.29) is 26.1 Å². The molecule has 0 aromatic carbocycles. The van der Waals surface area contributed by atoms with E-state index in [1.807, 2.05) is 0 Å². The number of carbonyl (C=O) groups is 2. The molecule has 1 fully saturated rings. The van der Waals surface area contributed by atoms with Crippen molar-refractivity contribution in [2.45, 2.75) is 121 Å². The van der Waals surface area contributed by atoms with Crippen LogP contribution in [0.5, 0.6) is 0 Å². The van der Waals surface area contributed by atoms with Crippen LogP contribution in [0.25, 0.3) is 0 Å². The van der Waals surface area contributed by atoms with Crippen LogP contribution in [0.15, 0.2) is 0 Å². The average Bonchev–Trinajstić information content (AvgIpc) is 2.83. The molecule has 0 spiro atoms. The Kier molecular flexibility index (Phi) is 16.3. The molecular weight excluding hydrogens is 448 g/mol. The SMILES string of the molecule is CCCCCCCC(=O)OC[C@H](CO[C@@H]1O[C@H](CO)[C@H](O)[C@H](O)[C@H]1O)OC(=O)CCCCCC. The monoisotopic (exact) mass is 492 g/mol. The lowest BCUT2D eigenvalue weighted by Crippen LogP contribution is -2.59. The molecule has 0 aliphatic carbocycles. The molecule has 4 N–H and O–H groups in total. The summed E-state index contributed by atoms with van der Waals surface area (Å²) >= 11 is 0. The third-order valence-electron chi connectivity index (χ3n) is 5.74. The first kappa shape index (κ1) is 30.7.